The quantitative estimate of drug-likeness (QED) is 0.282. The average Bonchev–Trinajstić information content (AvgIpc) is 3.07. The van der Waals surface area contributed by atoms with Crippen molar-refractivity contribution in [3.8, 4) is 11.5 Å². The lowest BCUT2D eigenvalue weighted by molar-refractivity contribution is -0.123. The Kier molecular flexibility index (Phi) is 7.91. The number of halogens is 4. The van der Waals surface area contributed by atoms with Crippen LogP contribution in [0.2, 0.25) is 15.1 Å². The maximum Gasteiger partial charge on any atom is 0.293 e. The molecule has 35 heavy (non-hydrogen) atoms. The van der Waals surface area contributed by atoms with Crippen molar-refractivity contribution in [2.24, 2.45) is 0 Å². The van der Waals surface area contributed by atoms with E-state index >= 15 is 0 Å². The van der Waals surface area contributed by atoms with E-state index in [0.717, 1.165) is 28.3 Å². The fourth-order valence-corrected chi connectivity index (χ4v) is 4.82. The summed E-state index contributed by atoms with van der Waals surface area (Å²) in [6, 6.07) is 14.1. The van der Waals surface area contributed by atoms with Crippen LogP contribution in [-0.2, 0) is 17.9 Å². The van der Waals surface area contributed by atoms with Crippen molar-refractivity contribution in [2.45, 2.75) is 13.2 Å². The van der Waals surface area contributed by atoms with Crippen molar-refractivity contribution in [1.82, 2.24) is 4.90 Å². The van der Waals surface area contributed by atoms with E-state index in [1.165, 1.54) is 19.2 Å². The molecule has 0 saturated carbocycles. The minimum Gasteiger partial charge on any atom is -0.493 e. The van der Waals surface area contributed by atoms with Gasteiger partial charge >= 0.3 is 0 Å². The Morgan fingerprint density at radius 3 is 2.40 bits per heavy atom. The molecule has 1 heterocycles. The third-order valence-electron chi connectivity index (χ3n) is 5.10. The highest BCUT2D eigenvalue weighted by molar-refractivity contribution is 8.18. The van der Waals surface area contributed by atoms with Crippen LogP contribution in [0.4, 0.5) is 9.18 Å². The van der Waals surface area contributed by atoms with Crippen molar-refractivity contribution in [3.63, 3.8) is 0 Å². The van der Waals surface area contributed by atoms with E-state index in [0.29, 0.717) is 32.7 Å². The normalized spacial score (nSPS) is 14.7. The molecule has 4 rings (SSSR count). The van der Waals surface area contributed by atoms with Crippen molar-refractivity contribution >= 4 is 63.8 Å². The fraction of sp³-hybridized carbons (Fsp3) is 0.120. The van der Waals surface area contributed by atoms with E-state index < -0.39 is 17.0 Å². The summed E-state index contributed by atoms with van der Waals surface area (Å²) in [6.45, 7) is 0.154. The zero-order valence-electron chi connectivity index (χ0n) is 18.2. The standard InChI is InChI=1S/C25H17Cl3FNO4S/c1-33-22-8-14(2-7-21(22)34-13-16-3-5-17(26)10-19(16)27)9-23-24(31)30(25(32)35-23)12-15-4-6-18(29)11-20(15)28/h2-11H,12-13H2,1H3/b23-9-. The van der Waals surface area contributed by atoms with Crippen molar-refractivity contribution in [1.29, 1.82) is 0 Å². The molecule has 0 N–H and O–H groups in total. The van der Waals surface area contributed by atoms with Gasteiger partial charge in [0.25, 0.3) is 11.1 Å². The van der Waals surface area contributed by atoms with Gasteiger partial charge in [-0.15, -0.1) is 0 Å². The van der Waals surface area contributed by atoms with Crippen LogP contribution >= 0.6 is 46.6 Å². The van der Waals surface area contributed by atoms with Crippen LogP contribution in [0.5, 0.6) is 11.5 Å². The lowest BCUT2D eigenvalue weighted by atomic mass is 10.1. The number of benzene rings is 3. The summed E-state index contributed by atoms with van der Waals surface area (Å²) in [5.74, 6) is -0.0293. The molecule has 1 saturated heterocycles. The second-order valence-corrected chi connectivity index (χ2v) is 9.68. The predicted octanol–water partition coefficient (Wildman–Crippen LogP) is 7.61. The number of imide groups is 1. The zero-order valence-corrected chi connectivity index (χ0v) is 21.3. The number of thioether (sulfide) groups is 1. The van der Waals surface area contributed by atoms with Crippen LogP contribution in [0.25, 0.3) is 6.08 Å². The Morgan fingerprint density at radius 1 is 0.943 bits per heavy atom. The van der Waals surface area contributed by atoms with Crippen LogP contribution in [-0.4, -0.2) is 23.2 Å². The van der Waals surface area contributed by atoms with E-state index in [2.05, 4.69) is 0 Å². The molecular weight excluding hydrogens is 536 g/mol. The molecule has 0 aromatic heterocycles. The first kappa shape index (κ1) is 25.4. The van der Waals surface area contributed by atoms with Gasteiger partial charge in [0, 0.05) is 20.6 Å². The van der Waals surface area contributed by atoms with Gasteiger partial charge in [-0.25, -0.2) is 4.39 Å². The van der Waals surface area contributed by atoms with Gasteiger partial charge in [0.1, 0.15) is 12.4 Å². The number of amides is 2. The molecule has 1 aliphatic rings. The second kappa shape index (κ2) is 10.9. The van der Waals surface area contributed by atoms with Crippen LogP contribution in [0.3, 0.4) is 0 Å². The number of nitrogens with zero attached hydrogens (tertiary/aromatic N) is 1. The molecule has 0 bridgehead atoms. The molecule has 1 fully saturated rings. The largest absolute Gasteiger partial charge is 0.493 e. The Labute approximate surface area is 220 Å². The Bertz CT molecular complexity index is 1350. The van der Waals surface area contributed by atoms with Crippen LogP contribution in [0.1, 0.15) is 16.7 Å². The summed E-state index contributed by atoms with van der Waals surface area (Å²) >= 11 is 19.0. The number of ether oxygens (including phenoxy) is 2. The molecule has 0 spiro atoms. The van der Waals surface area contributed by atoms with Crippen LogP contribution in [0, 0.1) is 5.82 Å². The molecule has 0 atom stereocenters. The molecule has 0 unspecified atom stereocenters. The lowest BCUT2D eigenvalue weighted by Crippen LogP contribution is -2.27. The number of hydrogen-bond acceptors (Lipinski definition) is 5. The maximum absolute atomic E-state index is 13.3. The van der Waals surface area contributed by atoms with Gasteiger partial charge in [-0.1, -0.05) is 53.0 Å². The molecular formula is C25H17Cl3FNO4S. The number of carbonyl (C=O) groups excluding carboxylic acids is 2. The SMILES string of the molecule is COc1cc(/C=C2\SC(=O)N(Cc3ccc(F)cc3Cl)C2=O)ccc1OCc1ccc(Cl)cc1Cl. The molecule has 10 heteroatoms. The van der Waals surface area contributed by atoms with Gasteiger partial charge in [-0.05, 0) is 65.4 Å². The van der Waals surface area contributed by atoms with Crippen molar-refractivity contribution < 1.29 is 23.5 Å². The molecule has 1 aliphatic heterocycles. The van der Waals surface area contributed by atoms with Crippen molar-refractivity contribution in [3.05, 3.63) is 97.1 Å². The summed E-state index contributed by atoms with van der Waals surface area (Å²) in [7, 11) is 1.50. The summed E-state index contributed by atoms with van der Waals surface area (Å²) < 4.78 is 24.6. The first-order valence-corrected chi connectivity index (χ1v) is 12.1. The van der Waals surface area contributed by atoms with Gasteiger partial charge < -0.3 is 9.47 Å². The highest BCUT2D eigenvalue weighted by atomic mass is 35.5. The topological polar surface area (TPSA) is 55.8 Å². The van der Waals surface area contributed by atoms with Gasteiger partial charge in [-0.3, -0.25) is 14.5 Å². The first-order valence-electron chi connectivity index (χ1n) is 10.2. The Morgan fingerprint density at radius 2 is 1.69 bits per heavy atom. The number of methoxy groups -OCH3 is 1. The molecule has 0 radical (unpaired) electrons. The number of hydrogen-bond donors (Lipinski definition) is 0. The maximum atomic E-state index is 13.3. The summed E-state index contributed by atoms with van der Waals surface area (Å²) in [5.41, 5.74) is 1.88. The van der Waals surface area contributed by atoms with E-state index in [1.807, 2.05) is 0 Å². The predicted molar refractivity (Wildman–Crippen MR) is 137 cm³/mol. The first-order chi connectivity index (χ1) is 16.7. The second-order valence-electron chi connectivity index (χ2n) is 7.44. The number of rotatable bonds is 7. The van der Waals surface area contributed by atoms with Gasteiger partial charge in [-0.2, -0.15) is 0 Å². The Balaban J connectivity index is 1.49. The van der Waals surface area contributed by atoms with E-state index in [9.17, 15) is 14.0 Å². The van der Waals surface area contributed by atoms with Crippen LogP contribution in [0.15, 0.2) is 59.5 Å². The van der Waals surface area contributed by atoms with E-state index in [4.69, 9.17) is 44.3 Å². The summed E-state index contributed by atoms with van der Waals surface area (Å²) in [6.07, 6.45) is 1.60. The highest BCUT2D eigenvalue weighted by Gasteiger charge is 2.35. The van der Waals surface area contributed by atoms with E-state index in [-0.39, 0.29) is 23.1 Å². The van der Waals surface area contributed by atoms with Gasteiger partial charge in [0.2, 0.25) is 0 Å². The zero-order chi connectivity index (χ0) is 25.1. The highest BCUT2D eigenvalue weighted by Crippen LogP contribution is 2.36. The third kappa shape index (κ3) is 5.93. The van der Waals surface area contributed by atoms with Gasteiger partial charge in [0.15, 0.2) is 11.5 Å². The van der Waals surface area contributed by atoms with Gasteiger partial charge in [0.05, 0.1) is 18.6 Å². The van der Waals surface area contributed by atoms with E-state index in [1.54, 1.807) is 42.5 Å². The fourth-order valence-electron chi connectivity index (χ4n) is 3.30. The molecule has 0 aliphatic carbocycles. The summed E-state index contributed by atoms with van der Waals surface area (Å²) in [4.78, 5) is 26.6. The average molecular weight is 553 g/mol. The third-order valence-corrected chi connectivity index (χ3v) is 6.95. The molecule has 5 nitrogen and oxygen atoms in total. The Hall–Kier alpha value is -2.71. The molecule has 2 amide bonds. The monoisotopic (exact) mass is 551 g/mol. The lowest BCUT2D eigenvalue weighted by Gasteiger charge is -2.13. The smallest absolute Gasteiger partial charge is 0.293 e. The number of carbonyl (C=O) groups is 2. The van der Waals surface area contributed by atoms with Crippen molar-refractivity contribution in [2.75, 3.05) is 7.11 Å². The minimum absolute atomic E-state index is 0.0511. The summed E-state index contributed by atoms with van der Waals surface area (Å²) in [5, 5.41) is 0.734. The van der Waals surface area contributed by atoms with Crippen LogP contribution < -0.4 is 9.47 Å². The molecule has 180 valence electrons. The molecule has 3 aromatic rings. The minimum atomic E-state index is -0.495. The molecule has 3 aromatic carbocycles.